The van der Waals surface area contributed by atoms with Crippen LogP contribution < -0.4 is 5.32 Å². The van der Waals surface area contributed by atoms with Gasteiger partial charge in [-0.2, -0.15) is 0 Å². The van der Waals surface area contributed by atoms with E-state index in [2.05, 4.69) is 26.1 Å². The van der Waals surface area contributed by atoms with Gasteiger partial charge in [-0.3, -0.25) is 4.90 Å². The van der Waals surface area contributed by atoms with Gasteiger partial charge in [-0.05, 0) is 50.0 Å². The molecule has 1 unspecified atom stereocenters. The van der Waals surface area contributed by atoms with E-state index in [9.17, 15) is 0 Å². The highest BCUT2D eigenvalue weighted by molar-refractivity contribution is 9.10. The lowest BCUT2D eigenvalue weighted by atomic mass is 10.2. The van der Waals surface area contributed by atoms with E-state index < -0.39 is 0 Å². The first-order valence-corrected chi connectivity index (χ1v) is 7.59. The molecule has 2 aromatic rings. The predicted octanol–water partition coefficient (Wildman–Crippen LogP) is 4.09. The van der Waals surface area contributed by atoms with E-state index in [-0.39, 0.29) is 6.04 Å². The van der Waals surface area contributed by atoms with E-state index in [0.29, 0.717) is 0 Å². The zero-order valence-electron chi connectivity index (χ0n) is 11.6. The highest BCUT2D eigenvalue weighted by Crippen LogP contribution is 2.22. The summed E-state index contributed by atoms with van der Waals surface area (Å²) in [6, 6.07) is 9.94. The van der Waals surface area contributed by atoms with Crippen LogP contribution in [0.1, 0.15) is 17.4 Å². The molecule has 0 aliphatic heterocycles. The fourth-order valence-electron chi connectivity index (χ4n) is 2.04. The lowest BCUT2D eigenvalue weighted by Gasteiger charge is -2.22. The second-order valence-electron chi connectivity index (χ2n) is 4.86. The summed E-state index contributed by atoms with van der Waals surface area (Å²) in [6.07, 6.45) is 1.71. The van der Waals surface area contributed by atoms with Crippen molar-refractivity contribution in [2.75, 3.05) is 20.6 Å². The molecule has 0 spiro atoms. The maximum atomic E-state index is 6.02. The van der Waals surface area contributed by atoms with Crippen molar-refractivity contribution in [1.29, 1.82) is 0 Å². The highest BCUT2D eigenvalue weighted by atomic mass is 79.9. The zero-order valence-corrected chi connectivity index (χ0v) is 13.9. The molecule has 108 valence electrons. The molecule has 0 bridgehead atoms. The molecule has 0 aliphatic rings. The van der Waals surface area contributed by atoms with Crippen molar-refractivity contribution in [3.8, 4) is 0 Å². The van der Waals surface area contributed by atoms with Gasteiger partial charge in [0.1, 0.15) is 5.76 Å². The third-order valence-corrected chi connectivity index (χ3v) is 4.16. The molecule has 0 saturated carbocycles. The molecule has 2 rings (SSSR count). The summed E-state index contributed by atoms with van der Waals surface area (Å²) in [5.74, 6) is 0.965. The van der Waals surface area contributed by atoms with Crippen LogP contribution in [0.5, 0.6) is 0 Å². The van der Waals surface area contributed by atoms with Crippen molar-refractivity contribution in [2.24, 2.45) is 0 Å². The van der Waals surface area contributed by atoms with Gasteiger partial charge in [-0.1, -0.05) is 27.5 Å². The summed E-state index contributed by atoms with van der Waals surface area (Å²) in [6.45, 7) is 1.56. The predicted molar refractivity (Wildman–Crippen MR) is 86.0 cm³/mol. The van der Waals surface area contributed by atoms with Crippen LogP contribution in [-0.2, 0) is 6.54 Å². The van der Waals surface area contributed by atoms with Gasteiger partial charge >= 0.3 is 0 Å². The van der Waals surface area contributed by atoms with E-state index >= 15 is 0 Å². The molecule has 1 N–H and O–H groups in total. The number of nitrogens with one attached hydrogen (secondary N) is 1. The molecule has 0 amide bonds. The summed E-state index contributed by atoms with van der Waals surface area (Å²) < 4.78 is 6.55. The van der Waals surface area contributed by atoms with Crippen molar-refractivity contribution < 1.29 is 4.42 Å². The maximum Gasteiger partial charge on any atom is 0.122 e. The smallest absolute Gasteiger partial charge is 0.122 e. The van der Waals surface area contributed by atoms with Crippen LogP contribution in [-0.4, -0.2) is 25.5 Å². The molecular weight excluding hydrogens is 340 g/mol. The Morgan fingerprint density at radius 3 is 2.80 bits per heavy atom. The summed E-state index contributed by atoms with van der Waals surface area (Å²) in [5, 5.41) is 4.20. The monoisotopic (exact) mass is 356 g/mol. The number of furan rings is 1. The van der Waals surface area contributed by atoms with Crippen LogP contribution in [0.3, 0.4) is 0 Å². The van der Waals surface area contributed by atoms with E-state index in [1.807, 2.05) is 44.4 Å². The van der Waals surface area contributed by atoms with Gasteiger partial charge in [-0.25, -0.2) is 0 Å². The Morgan fingerprint density at radius 2 is 2.15 bits per heavy atom. The van der Waals surface area contributed by atoms with E-state index in [1.54, 1.807) is 6.26 Å². The molecule has 0 aliphatic carbocycles. The molecule has 0 radical (unpaired) electrons. The van der Waals surface area contributed by atoms with Crippen molar-refractivity contribution in [1.82, 2.24) is 10.2 Å². The molecule has 0 fully saturated rings. The Morgan fingerprint density at radius 1 is 1.35 bits per heavy atom. The fraction of sp³-hybridized carbons (Fsp3) is 0.333. The number of nitrogens with zero attached hydrogens (tertiary/aromatic N) is 1. The van der Waals surface area contributed by atoms with Gasteiger partial charge in [0.05, 0.1) is 12.3 Å². The van der Waals surface area contributed by atoms with Crippen molar-refractivity contribution >= 4 is 27.5 Å². The number of hydrogen-bond acceptors (Lipinski definition) is 3. The fourth-order valence-corrected chi connectivity index (χ4v) is 2.62. The van der Waals surface area contributed by atoms with Gasteiger partial charge in [0, 0.05) is 22.6 Å². The lowest BCUT2D eigenvalue weighted by molar-refractivity contribution is 0.250. The summed E-state index contributed by atoms with van der Waals surface area (Å²) >= 11 is 9.56. The van der Waals surface area contributed by atoms with Crippen LogP contribution in [0.2, 0.25) is 5.02 Å². The Kier molecular flexibility index (Phi) is 5.66. The average molecular weight is 358 g/mol. The number of halogens is 2. The molecule has 5 heteroatoms. The number of likely N-dealkylation sites (N-methyl/N-ethyl adjacent to an activating group) is 1. The normalized spacial score (nSPS) is 12.8. The number of hydrogen-bond donors (Lipinski definition) is 1. The molecule has 1 aromatic heterocycles. The van der Waals surface area contributed by atoms with Gasteiger partial charge in [0.2, 0.25) is 0 Å². The first-order valence-electron chi connectivity index (χ1n) is 6.42. The largest absolute Gasteiger partial charge is 0.468 e. The lowest BCUT2D eigenvalue weighted by Crippen LogP contribution is -2.30. The third-order valence-electron chi connectivity index (χ3n) is 3.16. The SMILES string of the molecule is CN(C)C(CNCc1cc(Cl)ccc1Br)c1ccco1. The van der Waals surface area contributed by atoms with E-state index in [1.165, 1.54) is 0 Å². The molecule has 1 atom stereocenters. The minimum atomic E-state index is 0.211. The molecular formula is C15H18BrClN2O. The summed E-state index contributed by atoms with van der Waals surface area (Å²) in [4.78, 5) is 2.14. The van der Waals surface area contributed by atoms with Crippen LogP contribution in [0.4, 0.5) is 0 Å². The van der Waals surface area contributed by atoms with Crippen LogP contribution in [0.25, 0.3) is 0 Å². The van der Waals surface area contributed by atoms with Gasteiger partial charge < -0.3 is 9.73 Å². The van der Waals surface area contributed by atoms with Gasteiger partial charge in [0.15, 0.2) is 0 Å². The molecule has 20 heavy (non-hydrogen) atoms. The Labute approximate surface area is 133 Å². The van der Waals surface area contributed by atoms with Crippen molar-refractivity contribution in [2.45, 2.75) is 12.6 Å². The second-order valence-corrected chi connectivity index (χ2v) is 6.15. The molecule has 1 heterocycles. The van der Waals surface area contributed by atoms with Crippen LogP contribution in [0.15, 0.2) is 45.5 Å². The highest BCUT2D eigenvalue weighted by Gasteiger charge is 2.16. The van der Waals surface area contributed by atoms with Crippen LogP contribution in [0, 0.1) is 0 Å². The third kappa shape index (κ3) is 4.09. The summed E-state index contributed by atoms with van der Waals surface area (Å²) in [7, 11) is 4.09. The second kappa shape index (κ2) is 7.27. The Balaban J connectivity index is 1.95. The quantitative estimate of drug-likeness (QED) is 0.844. The Hall–Kier alpha value is -0.810. The number of rotatable bonds is 6. The molecule has 3 nitrogen and oxygen atoms in total. The Bertz CT molecular complexity index is 543. The minimum Gasteiger partial charge on any atom is -0.468 e. The first-order chi connectivity index (χ1) is 9.58. The first kappa shape index (κ1) is 15.6. The number of benzene rings is 1. The zero-order chi connectivity index (χ0) is 14.5. The molecule has 1 aromatic carbocycles. The topological polar surface area (TPSA) is 28.4 Å². The minimum absolute atomic E-state index is 0.211. The van der Waals surface area contributed by atoms with E-state index in [4.69, 9.17) is 16.0 Å². The van der Waals surface area contributed by atoms with Crippen LogP contribution >= 0.6 is 27.5 Å². The van der Waals surface area contributed by atoms with E-state index in [0.717, 1.165) is 33.9 Å². The van der Waals surface area contributed by atoms with Gasteiger partial charge in [0.25, 0.3) is 0 Å². The van der Waals surface area contributed by atoms with Gasteiger partial charge in [-0.15, -0.1) is 0 Å². The van der Waals surface area contributed by atoms with Crippen molar-refractivity contribution in [3.63, 3.8) is 0 Å². The average Bonchev–Trinajstić information content (AvgIpc) is 2.91. The summed E-state index contributed by atoms with van der Waals surface area (Å²) in [5.41, 5.74) is 1.15. The maximum absolute atomic E-state index is 6.02. The molecule has 0 saturated heterocycles. The standard InChI is InChI=1S/C15H18BrClN2O/c1-19(2)14(15-4-3-7-20-15)10-18-9-11-8-12(17)5-6-13(11)16/h3-8,14,18H,9-10H2,1-2H3. The van der Waals surface area contributed by atoms with Crippen molar-refractivity contribution in [3.05, 3.63) is 57.4 Å².